The first-order valence-electron chi connectivity index (χ1n) is 4.12. The van der Waals surface area contributed by atoms with Gasteiger partial charge in [-0.25, -0.2) is 0 Å². The van der Waals surface area contributed by atoms with Crippen molar-refractivity contribution in [2.75, 3.05) is 6.61 Å². The molecule has 2 fully saturated rings. The number of carbonyl (C=O) groups is 5. The van der Waals surface area contributed by atoms with Gasteiger partial charge in [0.1, 0.15) is 0 Å². The standard InChI is InChI=1S/C6H3O11P/c7-2(8)1-13-18(14-3(9)4(10)15-18)16-5(11)6(12)17-18/h1H2,(H,7,8). The van der Waals surface area contributed by atoms with Crippen molar-refractivity contribution in [1.82, 2.24) is 0 Å². The first-order valence-corrected chi connectivity index (χ1v) is 5.94. The van der Waals surface area contributed by atoms with E-state index in [0.717, 1.165) is 0 Å². The molecule has 0 aliphatic carbocycles. The second kappa shape index (κ2) is 3.37. The first-order chi connectivity index (χ1) is 8.25. The molecule has 2 aliphatic rings. The van der Waals surface area contributed by atoms with E-state index in [2.05, 4.69) is 22.6 Å². The number of carboxylic acids is 1. The Balaban J connectivity index is 2.38. The summed E-state index contributed by atoms with van der Waals surface area (Å²) in [5, 5.41) is 8.41. The molecule has 1 N–H and O–H groups in total. The van der Waals surface area contributed by atoms with Crippen molar-refractivity contribution >= 4 is 37.6 Å². The topological polar surface area (TPSA) is 152 Å². The van der Waals surface area contributed by atoms with E-state index in [4.69, 9.17) is 5.11 Å². The molecule has 12 heteroatoms. The molecule has 0 aromatic heterocycles. The summed E-state index contributed by atoms with van der Waals surface area (Å²) in [5.74, 6) is -8.13. The van der Waals surface area contributed by atoms with Crippen LogP contribution in [0.2, 0.25) is 0 Å². The van der Waals surface area contributed by atoms with Gasteiger partial charge in [-0.1, -0.05) is 0 Å². The van der Waals surface area contributed by atoms with Gasteiger partial charge in [0.15, 0.2) is 0 Å². The van der Waals surface area contributed by atoms with Crippen molar-refractivity contribution in [1.29, 1.82) is 0 Å². The first kappa shape index (κ1) is 12.2. The molecule has 0 unspecified atom stereocenters. The van der Waals surface area contributed by atoms with E-state index < -0.39 is 44.2 Å². The van der Waals surface area contributed by atoms with Crippen LogP contribution in [-0.2, 0) is 46.6 Å². The fourth-order valence-electron chi connectivity index (χ4n) is 1.07. The predicted octanol–water partition coefficient (Wildman–Crippen LogP) is -1.58. The summed E-state index contributed by atoms with van der Waals surface area (Å²) in [5.41, 5.74) is 0. The minimum absolute atomic E-state index is 1.20. The molecule has 1 spiro atoms. The van der Waals surface area contributed by atoms with Gasteiger partial charge < -0.3 is 0 Å². The number of rotatable bonds is 3. The van der Waals surface area contributed by atoms with Gasteiger partial charge in [-0.3, -0.25) is 0 Å². The van der Waals surface area contributed by atoms with Crippen molar-refractivity contribution in [3.05, 3.63) is 0 Å². The van der Waals surface area contributed by atoms with Crippen LogP contribution in [0.4, 0.5) is 0 Å². The van der Waals surface area contributed by atoms with Crippen LogP contribution in [0.15, 0.2) is 0 Å². The fourth-order valence-corrected chi connectivity index (χ4v) is 3.21. The molecule has 0 aromatic carbocycles. The fraction of sp³-hybridized carbons (Fsp3) is 0.167. The maximum atomic E-state index is 10.9. The quantitative estimate of drug-likeness (QED) is 0.471. The Labute approximate surface area is 96.8 Å². The maximum absolute atomic E-state index is 10.9. The molecule has 2 aliphatic heterocycles. The average molecular weight is 282 g/mol. The molecular formula is C6H3O11P. The van der Waals surface area contributed by atoms with Crippen molar-refractivity contribution < 1.29 is 51.7 Å². The van der Waals surface area contributed by atoms with Crippen LogP contribution in [0.3, 0.4) is 0 Å². The van der Waals surface area contributed by atoms with Crippen LogP contribution < -0.4 is 0 Å². The summed E-state index contributed by atoms with van der Waals surface area (Å²) in [4.78, 5) is 54.1. The Bertz CT molecular complexity index is 430. The Morgan fingerprint density at radius 3 is 1.56 bits per heavy atom. The summed E-state index contributed by atoms with van der Waals surface area (Å²) in [6, 6.07) is 0. The number of carbonyl (C=O) groups excluding carboxylic acids is 4. The normalized spacial score (nSPS) is 25.7. The van der Waals surface area contributed by atoms with Gasteiger partial charge in [-0.15, -0.1) is 0 Å². The second-order valence-electron chi connectivity index (χ2n) is 2.93. The molecule has 98 valence electrons. The van der Waals surface area contributed by atoms with Crippen molar-refractivity contribution in [2.24, 2.45) is 0 Å². The Hall–Kier alpha value is -2.26. The number of aliphatic carboxylic acids is 1. The Kier molecular flexibility index (Phi) is 2.28. The Morgan fingerprint density at radius 2 is 1.28 bits per heavy atom. The third-order valence-electron chi connectivity index (χ3n) is 1.66. The molecule has 0 atom stereocenters. The van der Waals surface area contributed by atoms with Crippen LogP contribution >= 0.6 is 7.74 Å². The summed E-state index contributed by atoms with van der Waals surface area (Å²) >= 11 is 0. The van der Waals surface area contributed by atoms with Gasteiger partial charge in [-0.05, 0) is 0 Å². The van der Waals surface area contributed by atoms with Crippen molar-refractivity contribution in [3.63, 3.8) is 0 Å². The molecule has 0 amide bonds. The molecule has 0 bridgehead atoms. The summed E-state index contributed by atoms with van der Waals surface area (Å²) in [6.07, 6.45) is 0. The zero-order valence-corrected chi connectivity index (χ0v) is 9.08. The van der Waals surface area contributed by atoms with Gasteiger partial charge >= 0.3 is 95.9 Å². The van der Waals surface area contributed by atoms with E-state index in [0.29, 0.717) is 0 Å². The van der Waals surface area contributed by atoms with Crippen LogP contribution in [0.25, 0.3) is 0 Å². The van der Waals surface area contributed by atoms with Crippen LogP contribution in [0, 0.1) is 0 Å². The summed E-state index contributed by atoms with van der Waals surface area (Å²) in [6.45, 7) is -1.20. The van der Waals surface area contributed by atoms with E-state index in [-0.39, 0.29) is 0 Å². The molecule has 2 rings (SSSR count). The SMILES string of the molecule is O=C(O)COP12(OC(=O)C(=O)O1)OC(=O)C(=O)O2. The molecule has 0 aromatic rings. The monoisotopic (exact) mass is 282 g/mol. The van der Waals surface area contributed by atoms with E-state index in [1.807, 2.05) is 0 Å². The van der Waals surface area contributed by atoms with Crippen LogP contribution in [0.1, 0.15) is 0 Å². The zero-order valence-electron chi connectivity index (χ0n) is 8.18. The molecule has 11 nitrogen and oxygen atoms in total. The van der Waals surface area contributed by atoms with E-state index in [1.165, 1.54) is 0 Å². The van der Waals surface area contributed by atoms with Gasteiger partial charge in [-0.2, -0.15) is 0 Å². The molecule has 2 heterocycles. The summed E-state index contributed by atoms with van der Waals surface area (Å²) in [7, 11) is -5.60. The molecule has 2 saturated heterocycles. The van der Waals surface area contributed by atoms with Crippen LogP contribution in [0.5, 0.6) is 0 Å². The van der Waals surface area contributed by atoms with Gasteiger partial charge in [0.2, 0.25) is 0 Å². The second-order valence-corrected chi connectivity index (χ2v) is 5.41. The van der Waals surface area contributed by atoms with E-state index in [9.17, 15) is 24.0 Å². The van der Waals surface area contributed by atoms with E-state index in [1.54, 1.807) is 0 Å². The summed E-state index contributed by atoms with van der Waals surface area (Å²) < 4.78 is 21.4. The molecule has 18 heavy (non-hydrogen) atoms. The van der Waals surface area contributed by atoms with Crippen molar-refractivity contribution in [3.8, 4) is 0 Å². The van der Waals surface area contributed by atoms with E-state index >= 15 is 0 Å². The van der Waals surface area contributed by atoms with Crippen molar-refractivity contribution in [2.45, 2.75) is 0 Å². The number of hydrogen-bond acceptors (Lipinski definition) is 10. The predicted molar refractivity (Wildman–Crippen MR) is 44.9 cm³/mol. The molecule has 0 saturated carbocycles. The van der Waals surface area contributed by atoms with Crippen LogP contribution in [-0.4, -0.2) is 41.6 Å². The average Bonchev–Trinajstić information content (AvgIpc) is 2.63. The zero-order chi connectivity index (χ0) is 13.6. The Morgan fingerprint density at radius 1 is 0.944 bits per heavy atom. The van der Waals surface area contributed by atoms with Gasteiger partial charge in [0.05, 0.1) is 0 Å². The number of carboxylic acid groups (broad SMARTS) is 1. The minimum atomic E-state index is -5.60. The van der Waals surface area contributed by atoms with Gasteiger partial charge in [0, 0.05) is 0 Å². The molecular weight excluding hydrogens is 279 g/mol. The molecule has 0 radical (unpaired) electrons. The third kappa shape index (κ3) is 1.65. The third-order valence-corrected chi connectivity index (χ3v) is 4.07. The number of hydrogen-bond donors (Lipinski definition) is 1. The van der Waals surface area contributed by atoms with Gasteiger partial charge in [0.25, 0.3) is 0 Å².